The zero-order valence-electron chi connectivity index (χ0n) is 26.5. The van der Waals surface area contributed by atoms with Crippen molar-refractivity contribution < 1.29 is 50.6 Å². The standard InChI is InChI=1S/C33H31Cl3F5N3O6/c1-17(2)26(28(45)33(40,41)31(48)42-16-32(37,38)39)43-30(47)27(19-7-9-23(49-3)10-8-19)44-29(46)25(12-18-5-4-6-20(34)11-18)50-24-14-21(35)13-22(36)15-24/h4-11,13-15,17,25-27H,12,16H2,1-3H3,(H,42,48)(H,43,47)(H,44,46)/t25-,26+,27+/m1/s1. The topological polar surface area (TPSA) is 123 Å². The van der Waals surface area contributed by atoms with Crippen LogP contribution in [0.2, 0.25) is 15.1 Å². The average Bonchev–Trinajstić information content (AvgIpc) is 3.03. The van der Waals surface area contributed by atoms with Crippen molar-refractivity contribution in [3.8, 4) is 11.5 Å². The fraction of sp³-hybridized carbons (Fsp3) is 0.333. The highest BCUT2D eigenvalue weighted by atomic mass is 35.5. The van der Waals surface area contributed by atoms with E-state index in [1.54, 1.807) is 24.3 Å². The second-order valence-electron chi connectivity index (χ2n) is 11.2. The van der Waals surface area contributed by atoms with E-state index < -0.39 is 66.3 Å². The SMILES string of the molecule is COc1ccc([C@H](NC(=O)[C@@H](Cc2cccc(Cl)c2)Oc2cc(Cl)cc(Cl)c2)C(=O)N[C@H](C(=O)C(F)(F)C(=O)NCC(F)(F)F)C(C)C)cc1. The van der Waals surface area contributed by atoms with Crippen molar-refractivity contribution in [1.29, 1.82) is 0 Å². The summed E-state index contributed by atoms with van der Waals surface area (Å²) in [6.45, 7) is 0.412. The van der Waals surface area contributed by atoms with E-state index >= 15 is 0 Å². The van der Waals surface area contributed by atoms with Gasteiger partial charge in [-0.3, -0.25) is 19.2 Å². The number of rotatable bonds is 15. The largest absolute Gasteiger partial charge is 0.497 e. The predicted octanol–water partition coefficient (Wildman–Crippen LogP) is 6.53. The molecule has 0 bridgehead atoms. The Morgan fingerprint density at radius 1 is 0.780 bits per heavy atom. The van der Waals surface area contributed by atoms with E-state index in [1.807, 2.05) is 0 Å². The molecule has 270 valence electrons. The molecule has 0 radical (unpaired) electrons. The predicted molar refractivity (Wildman–Crippen MR) is 176 cm³/mol. The third-order valence-electron chi connectivity index (χ3n) is 7.01. The lowest BCUT2D eigenvalue weighted by Crippen LogP contribution is -2.58. The Morgan fingerprint density at radius 3 is 1.94 bits per heavy atom. The third-order valence-corrected chi connectivity index (χ3v) is 7.68. The minimum atomic E-state index is -5.03. The number of methoxy groups -OCH3 is 1. The molecule has 3 aromatic rings. The van der Waals surface area contributed by atoms with E-state index in [0.717, 1.165) is 5.32 Å². The van der Waals surface area contributed by atoms with Gasteiger partial charge in [0.05, 0.1) is 13.2 Å². The molecule has 0 fully saturated rings. The van der Waals surface area contributed by atoms with Crippen molar-refractivity contribution in [2.75, 3.05) is 13.7 Å². The van der Waals surface area contributed by atoms with Gasteiger partial charge in [-0.05, 0) is 59.5 Å². The number of ketones is 1. The quantitative estimate of drug-likeness (QED) is 0.120. The molecule has 3 atom stereocenters. The Bertz CT molecular complexity index is 1670. The van der Waals surface area contributed by atoms with Crippen LogP contribution in [0.1, 0.15) is 31.0 Å². The second-order valence-corrected chi connectivity index (χ2v) is 12.5. The van der Waals surface area contributed by atoms with Gasteiger partial charge in [0.2, 0.25) is 11.7 Å². The number of carbonyl (C=O) groups excluding carboxylic acids is 4. The van der Waals surface area contributed by atoms with Crippen molar-refractivity contribution in [3.05, 3.63) is 92.9 Å². The highest BCUT2D eigenvalue weighted by molar-refractivity contribution is 6.34. The van der Waals surface area contributed by atoms with Crippen LogP contribution in [0.15, 0.2) is 66.7 Å². The highest BCUT2D eigenvalue weighted by Gasteiger charge is 2.52. The first-order valence-corrected chi connectivity index (χ1v) is 15.8. The van der Waals surface area contributed by atoms with Gasteiger partial charge in [0.1, 0.15) is 24.1 Å². The summed E-state index contributed by atoms with van der Waals surface area (Å²) >= 11 is 18.4. The van der Waals surface area contributed by atoms with E-state index in [-0.39, 0.29) is 27.8 Å². The number of nitrogens with one attached hydrogen (secondary N) is 3. The van der Waals surface area contributed by atoms with Crippen LogP contribution < -0.4 is 25.4 Å². The van der Waals surface area contributed by atoms with E-state index in [0.29, 0.717) is 16.3 Å². The van der Waals surface area contributed by atoms with Crippen LogP contribution in [0.4, 0.5) is 22.0 Å². The van der Waals surface area contributed by atoms with Crippen LogP contribution in [0.5, 0.6) is 11.5 Å². The van der Waals surface area contributed by atoms with E-state index in [4.69, 9.17) is 44.3 Å². The maximum absolute atomic E-state index is 14.9. The Kier molecular flexibility index (Phi) is 13.8. The van der Waals surface area contributed by atoms with E-state index in [9.17, 15) is 41.1 Å². The number of halogens is 8. The van der Waals surface area contributed by atoms with Gasteiger partial charge < -0.3 is 25.4 Å². The summed E-state index contributed by atoms with van der Waals surface area (Å²) in [5.74, 6) is -12.3. The lowest BCUT2D eigenvalue weighted by Gasteiger charge is -2.28. The minimum Gasteiger partial charge on any atom is -0.497 e. The van der Waals surface area contributed by atoms with Gasteiger partial charge >= 0.3 is 12.1 Å². The minimum absolute atomic E-state index is 0.0895. The van der Waals surface area contributed by atoms with Gasteiger partial charge in [-0.1, -0.05) is 72.9 Å². The smallest absolute Gasteiger partial charge is 0.405 e. The molecule has 0 aromatic heterocycles. The van der Waals surface area contributed by atoms with E-state index in [1.165, 1.54) is 63.4 Å². The summed E-state index contributed by atoms with van der Waals surface area (Å²) in [6, 6.07) is 12.6. The van der Waals surface area contributed by atoms with Crippen molar-refractivity contribution >= 4 is 58.3 Å². The van der Waals surface area contributed by atoms with Gasteiger partial charge in [-0.2, -0.15) is 22.0 Å². The van der Waals surface area contributed by atoms with Crippen LogP contribution in [0.25, 0.3) is 0 Å². The van der Waals surface area contributed by atoms with Gasteiger partial charge in [0, 0.05) is 21.5 Å². The Hall–Kier alpha value is -4.14. The van der Waals surface area contributed by atoms with Crippen LogP contribution in [-0.2, 0) is 25.6 Å². The Balaban J connectivity index is 1.97. The molecule has 0 saturated carbocycles. The molecule has 0 spiro atoms. The Labute approximate surface area is 298 Å². The second kappa shape index (κ2) is 17.2. The summed E-state index contributed by atoms with van der Waals surface area (Å²) in [6.07, 6.45) is -6.50. The Morgan fingerprint density at radius 2 is 1.40 bits per heavy atom. The van der Waals surface area contributed by atoms with Gasteiger partial charge in [0.25, 0.3) is 11.8 Å². The fourth-order valence-corrected chi connectivity index (χ4v) is 5.25. The third kappa shape index (κ3) is 11.5. The number of ether oxygens (including phenoxy) is 2. The number of hydrogen-bond donors (Lipinski definition) is 3. The highest BCUT2D eigenvalue weighted by Crippen LogP contribution is 2.27. The molecule has 0 heterocycles. The number of amides is 3. The van der Waals surface area contributed by atoms with Crippen LogP contribution in [-0.4, -0.2) is 61.4 Å². The molecule has 50 heavy (non-hydrogen) atoms. The molecule has 0 saturated heterocycles. The van der Waals surface area contributed by atoms with Gasteiger partial charge in [-0.15, -0.1) is 0 Å². The first-order chi connectivity index (χ1) is 23.3. The summed E-state index contributed by atoms with van der Waals surface area (Å²) in [4.78, 5) is 52.6. The number of Topliss-reactive ketones (excluding diaryl/α,β-unsaturated/α-hetero) is 1. The fourth-order valence-electron chi connectivity index (χ4n) is 4.53. The first kappa shape index (κ1) is 40.3. The van der Waals surface area contributed by atoms with Gasteiger partial charge in [0.15, 0.2) is 6.10 Å². The summed E-state index contributed by atoms with van der Waals surface area (Å²) < 4.78 is 78.5. The molecular weight excluding hydrogens is 736 g/mol. The van der Waals surface area contributed by atoms with Crippen molar-refractivity contribution in [1.82, 2.24) is 16.0 Å². The molecule has 0 aliphatic heterocycles. The van der Waals surface area contributed by atoms with Crippen LogP contribution in [0, 0.1) is 5.92 Å². The van der Waals surface area contributed by atoms with Crippen molar-refractivity contribution in [2.24, 2.45) is 5.92 Å². The number of carbonyl (C=O) groups is 4. The molecule has 3 N–H and O–H groups in total. The van der Waals surface area contributed by atoms with Crippen LogP contribution >= 0.6 is 34.8 Å². The lowest BCUT2D eigenvalue weighted by atomic mass is 9.94. The number of benzene rings is 3. The maximum atomic E-state index is 14.9. The molecule has 3 amide bonds. The molecule has 3 rings (SSSR count). The molecule has 0 aliphatic carbocycles. The molecule has 0 aliphatic rings. The summed E-state index contributed by atoms with van der Waals surface area (Å²) in [7, 11) is 1.38. The zero-order valence-corrected chi connectivity index (χ0v) is 28.8. The normalized spacial score (nSPS) is 13.5. The summed E-state index contributed by atoms with van der Waals surface area (Å²) in [5, 5.41) is 6.38. The average molecular weight is 767 g/mol. The molecule has 3 aromatic carbocycles. The molecular formula is C33H31Cl3F5N3O6. The lowest BCUT2D eigenvalue weighted by molar-refractivity contribution is -0.165. The van der Waals surface area contributed by atoms with Crippen LogP contribution in [0.3, 0.4) is 0 Å². The summed E-state index contributed by atoms with van der Waals surface area (Å²) in [5.41, 5.74) is 0.654. The molecule has 17 heteroatoms. The number of hydrogen-bond acceptors (Lipinski definition) is 6. The van der Waals surface area contributed by atoms with E-state index in [2.05, 4.69) is 10.6 Å². The molecule has 0 unspecified atom stereocenters. The maximum Gasteiger partial charge on any atom is 0.405 e. The van der Waals surface area contributed by atoms with Gasteiger partial charge in [-0.25, -0.2) is 0 Å². The monoisotopic (exact) mass is 765 g/mol. The van der Waals surface area contributed by atoms with Crippen molar-refractivity contribution in [2.45, 2.75) is 50.6 Å². The molecule has 9 nitrogen and oxygen atoms in total. The van der Waals surface area contributed by atoms with Crippen molar-refractivity contribution in [3.63, 3.8) is 0 Å². The first-order valence-electron chi connectivity index (χ1n) is 14.7. The zero-order chi connectivity index (χ0) is 37.4. The number of alkyl halides is 5.